The molecule has 7 nitrogen and oxygen atoms in total. The summed E-state index contributed by atoms with van der Waals surface area (Å²) in [5, 5.41) is 0. The normalized spacial score (nSPS) is 15.6. The van der Waals surface area contributed by atoms with Crippen LogP contribution in [0.15, 0.2) is 12.4 Å². The number of nitrogens with zero attached hydrogens (tertiary/aromatic N) is 4. The Bertz CT molecular complexity index is 418. The number of amides is 1. The zero-order valence-electron chi connectivity index (χ0n) is 10.4. The van der Waals surface area contributed by atoms with Crippen LogP contribution in [0.1, 0.15) is 6.92 Å². The summed E-state index contributed by atoms with van der Waals surface area (Å²) in [6.07, 6.45) is 2.92. The van der Waals surface area contributed by atoms with Gasteiger partial charge in [-0.15, -0.1) is 0 Å². The highest BCUT2D eigenvalue weighted by atomic mass is 16.6. The van der Waals surface area contributed by atoms with Crippen molar-refractivity contribution in [1.82, 2.24) is 14.9 Å². The number of anilines is 2. The number of rotatable bonds is 2. The van der Waals surface area contributed by atoms with Crippen LogP contribution in [-0.2, 0) is 4.74 Å². The smallest absolute Gasteiger partial charge is 0.409 e. The fourth-order valence-corrected chi connectivity index (χ4v) is 1.90. The Morgan fingerprint density at radius 1 is 1.33 bits per heavy atom. The van der Waals surface area contributed by atoms with E-state index in [-0.39, 0.29) is 6.09 Å². The maximum absolute atomic E-state index is 11.5. The van der Waals surface area contributed by atoms with Crippen molar-refractivity contribution in [2.75, 3.05) is 43.4 Å². The standard InChI is InChI=1S/C11H17N5O2/c1-2-18-11(17)16-7-5-15(6-8-16)10-9(12)13-3-4-14-10/h3-4H,2,5-8H2,1H3,(H2,12,13). The number of hydrogen-bond acceptors (Lipinski definition) is 6. The van der Waals surface area contributed by atoms with Gasteiger partial charge < -0.3 is 20.3 Å². The first-order valence-corrected chi connectivity index (χ1v) is 5.95. The molecule has 2 N–H and O–H groups in total. The van der Waals surface area contributed by atoms with Crippen molar-refractivity contribution in [2.24, 2.45) is 0 Å². The van der Waals surface area contributed by atoms with E-state index in [4.69, 9.17) is 10.5 Å². The fraction of sp³-hybridized carbons (Fsp3) is 0.545. The van der Waals surface area contributed by atoms with Crippen LogP contribution in [0.25, 0.3) is 0 Å². The summed E-state index contributed by atoms with van der Waals surface area (Å²) in [4.78, 5) is 23.5. The predicted octanol–water partition coefficient (Wildman–Crippen LogP) is 0.337. The molecule has 0 aromatic carbocycles. The molecule has 1 saturated heterocycles. The van der Waals surface area contributed by atoms with E-state index in [2.05, 4.69) is 9.97 Å². The summed E-state index contributed by atoms with van der Waals surface area (Å²) in [7, 11) is 0. The van der Waals surface area contributed by atoms with Gasteiger partial charge in [0.2, 0.25) is 0 Å². The molecule has 1 aliphatic rings. The highest BCUT2D eigenvalue weighted by Gasteiger charge is 2.23. The van der Waals surface area contributed by atoms with Crippen molar-refractivity contribution in [3.05, 3.63) is 12.4 Å². The van der Waals surface area contributed by atoms with Crippen molar-refractivity contribution < 1.29 is 9.53 Å². The molecule has 0 unspecified atom stereocenters. The number of nitrogen functional groups attached to an aromatic ring is 1. The van der Waals surface area contributed by atoms with Crippen molar-refractivity contribution in [1.29, 1.82) is 0 Å². The predicted molar refractivity (Wildman–Crippen MR) is 67.3 cm³/mol. The Morgan fingerprint density at radius 3 is 2.61 bits per heavy atom. The lowest BCUT2D eigenvalue weighted by molar-refractivity contribution is 0.105. The van der Waals surface area contributed by atoms with E-state index in [0.717, 1.165) is 0 Å². The van der Waals surface area contributed by atoms with Crippen molar-refractivity contribution in [3.63, 3.8) is 0 Å². The van der Waals surface area contributed by atoms with Gasteiger partial charge in [0.1, 0.15) is 0 Å². The van der Waals surface area contributed by atoms with Crippen LogP contribution in [0.5, 0.6) is 0 Å². The second kappa shape index (κ2) is 5.52. The molecule has 1 aliphatic heterocycles. The molecule has 0 spiro atoms. The quantitative estimate of drug-likeness (QED) is 0.815. The van der Waals surface area contributed by atoms with E-state index < -0.39 is 0 Å². The van der Waals surface area contributed by atoms with Gasteiger partial charge in [-0.2, -0.15) is 0 Å². The summed E-state index contributed by atoms with van der Waals surface area (Å²) in [5.41, 5.74) is 5.77. The molecule has 1 amide bonds. The number of hydrogen-bond donors (Lipinski definition) is 1. The van der Waals surface area contributed by atoms with Crippen LogP contribution in [0.4, 0.5) is 16.4 Å². The van der Waals surface area contributed by atoms with Gasteiger partial charge >= 0.3 is 6.09 Å². The lowest BCUT2D eigenvalue weighted by Gasteiger charge is -2.34. The Morgan fingerprint density at radius 2 is 2.00 bits per heavy atom. The maximum atomic E-state index is 11.5. The van der Waals surface area contributed by atoms with E-state index in [1.807, 2.05) is 4.90 Å². The lowest BCUT2D eigenvalue weighted by atomic mass is 10.3. The minimum Gasteiger partial charge on any atom is -0.450 e. The van der Waals surface area contributed by atoms with E-state index in [9.17, 15) is 4.79 Å². The molecule has 0 aliphatic carbocycles. The SMILES string of the molecule is CCOC(=O)N1CCN(c2nccnc2N)CC1. The van der Waals surface area contributed by atoms with Crippen molar-refractivity contribution in [3.8, 4) is 0 Å². The van der Waals surface area contributed by atoms with Crippen LogP contribution in [0.2, 0.25) is 0 Å². The third kappa shape index (κ3) is 2.61. The third-order valence-corrected chi connectivity index (χ3v) is 2.81. The molecule has 1 aromatic rings. The summed E-state index contributed by atoms with van der Waals surface area (Å²) < 4.78 is 4.96. The van der Waals surface area contributed by atoms with Gasteiger partial charge in [0.05, 0.1) is 6.61 Å². The number of aromatic nitrogens is 2. The zero-order valence-corrected chi connectivity index (χ0v) is 10.4. The third-order valence-electron chi connectivity index (χ3n) is 2.81. The highest BCUT2D eigenvalue weighted by molar-refractivity contribution is 5.68. The molecule has 18 heavy (non-hydrogen) atoms. The van der Waals surface area contributed by atoms with Crippen molar-refractivity contribution >= 4 is 17.7 Å². The van der Waals surface area contributed by atoms with Gasteiger partial charge in [-0.25, -0.2) is 14.8 Å². The molecule has 1 fully saturated rings. The van der Waals surface area contributed by atoms with Gasteiger partial charge in [0.15, 0.2) is 11.6 Å². The lowest BCUT2D eigenvalue weighted by Crippen LogP contribution is -2.49. The number of piperazine rings is 1. The van der Waals surface area contributed by atoms with E-state index in [1.54, 1.807) is 24.2 Å². The van der Waals surface area contributed by atoms with Crippen LogP contribution >= 0.6 is 0 Å². The molecule has 1 aromatic heterocycles. The average Bonchev–Trinajstić information content (AvgIpc) is 2.40. The van der Waals surface area contributed by atoms with E-state index >= 15 is 0 Å². The first-order chi connectivity index (χ1) is 8.72. The number of carbonyl (C=O) groups is 1. The molecule has 2 heterocycles. The van der Waals surface area contributed by atoms with Gasteiger partial charge in [0, 0.05) is 38.6 Å². The van der Waals surface area contributed by atoms with Crippen molar-refractivity contribution in [2.45, 2.75) is 6.92 Å². The summed E-state index contributed by atoms with van der Waals surface area (Å²) >= 11 is 0. The second-order valence-corrected chi connectivity index (χ2v) is 3.94. The summed E-state index contributed by atoms with van der Waals surface area (Å²) in [6.45, 7) is 4.78. The zero-order chi connectivity index (χ0) is 13.0. The molecular formula is C11H17N5O2. The molecule has 0 bridgehead atoms. The summed E-state index contributed by atoms with van der Waals surface area (Å²) in [5.74, 6) is 1.10. The fourth-order valence-electron chi connectivity index (χ4n) is 1.90. The molecule has 0 saturated carbocycles. The molecular weight excluding hydrogens is 234 g/mol. The van der Waals surface area contributed by atoms with Gasteiger partial charge in [-0.05, 0) is 6.92 Å². The summed E-state index contributed by atoms with van der Waals surface area (Å²) in [6, 6.07) is 0. The number of carbonyl (C=O) groups excluding carboxylic acids is 1. The minimum absolute atomic E-state index is 0.260. The maximum Gasteiger partial charge on any atom is 0.409 e. The van der Waals surface area contributed by atoms with Crippen LogP contribution in [-0.4, -0.2) is 53.7 Å². The van der Waals surface area contributed by atoms with Gasteiger partial charge in [0.25, 0.3) is 0 Å². The minimum atomic E-state index is -0.260. The monoisotopic (exact) mass is 251 g/mol. The van der Waals surface area contributed by atoms with Crippen LogP contribution in [0, 0.1) is 0 Å². The topological polar surface area (TPSA) is 84.6 Å². The molecule has 0 radical (unpaired) electrons. The second-order valence-electron chi connectivity index (χ2n) is 3.94. The Balaban J connectivity index is 1.95. The average molecular weight is 251 g/mol. The van der Waals surface area contributed by atoms with Crippen LogP contribution in [0.3, 0.4) is 0 Å². The number of nitrogens with two attached hydrogens (primary N) is 1. The van der Waals surface area contributed by atoms with Gasteiger partial charge in [-0.1, -0.05) is 0 Å². The Hall–Kier alpha value is -2.05. The van der Waals surface area contributed by atoms with Gasteiger partial charge in [-0.3, -0.25) is 0 Å². The molecule has 2 rings (SSSR count). The molecule has 7 heteroatoms. The van der Waals surface area contributed by atoms with E-state index in [1.165, 1.54) is 0 Å². The first-order valence-electron chi connectivity index (χ1n) is 5.95. The molecule has 0 atom stereocenters. The van der Waals surface area contributed by atoms with E-state index in [0.29, 0.717) is 44.4 Å². The highest BCUT2D eigenvalue weighted by Crippen LogP contribution is 2.18. The Labute approximate surface area is 106 Å². The van der Waals surface area contributed by atoms with Crippen LogP contribution < -0.4 is 10.6 Å². The molecule has 98 valence electrons. The largest absolute Gasteiger partial charge is 0.450 e. The first kappa shape index (κ1) is 12.4. The number of ether oxygens (including phenoxy) is 1. The Kier molecular flexibility index (Phi) is 3.81.